The van der Waals surface area contributed by atoms with Gasteiger partial charge in [0.2, 0.25) is 5.91 Å². The van der Waals surface area contributed by atoms with Gasteiger partial charge < -0.3 is 15.6 Å². The minimum absolute atomic E-state index is 0.252. The van der Waals surface area contributed by atoms with Crippen LogP contribution >= 0.6 is 0 Å². The zero-order valence-electron chi connectivity index (χ0n) is 16.3. The Morgan fingerprint density at radius 2 is 1.89 bits per heavy atom. The number of nitrogens with zero attached hydrogens (tertiary/aromatic N) is 1. The zero-order chi connectivity index (χ0) is 20.3. The van der Waals surface area contributed by atoms with Crippen LogP contribution in [0.15, 0.2) is 30.3 Å². The summed E-state index contributed by atoms with van der Waals surface area (Å²) in [5.41, 5.74) is 8.57. The molecule has 1 fully saturated rings. The van der Waals surface area contributed by atoms with Crippen LogP contribution in [0, 0.1) is 19.7 Å². The Hall–Kier alpha value is -2.89. The number of rotatable bonds is 5. The summed E-state index contributed by atoms with van der Waals surface area (Å²) in [6.07, 6.45) is 9.47. The highest BCUT2D eigenvalue weighted by Gasteiger charge is 2.19. The van der Waals surface area contributed by atoms with E-state index in [0.29, 0.717) is 11.7 Å². The molecule has 3 rings (SSSR count). The average molecular weight is 383 g/mol. The van der Waals surface area contributed by atoms with E-state index < -0.39 is 11.7 Å². The van der Waals surface area contributed by atoms with Crippen molar-refractivity contribution in [2.45, 2.75) is 52.0 Å². The monoisotopic (exact) mass is 383 g/mol. The number of nitrogens with two attached hydrogens (primary N) is 1. The van der Waals surface area contributed by atoms with Crippen molar-refractivity contribution in [2.24, 2.45) is 5.73 Å². The maximum absolute atomic E-state index is 13.5. The maximum atomic E-state index is 13.5. The predicted molar refractivity (Wildman–Crippen MR) is 109 cm³/mol. The summed E-state index contributed by atoms with van der Waals surface area (Å²) in [6, 6.07) is 6.37. The van der Waals surface area contributed by atoms with E-state index in [1.807, 2.05) is 0 Å². The molecule has 0 aliphatic heterocycles. The van der Waals surface area contributed by atoms with Gasteiger partial charge in [-0.1, -0.05) is 19.3 Å². The summed E-state index contributed by atoms with van der Waals surface area (Å²) in [5, 5.41) is 2.63. The number of benzene rings is 1. The molecule has 6 heteroatoms. The molecule has 1 aromatic heterocycles. The first kappa shape index (κ1) is 19.9. The molecular formula is C22H26FN3O2. The standard InChI is InChI=1S/C22H26FN3O2/c1-14-12-16(15(2)26(14)18-6-4-3-5-7-18)8-11-21(27)25-17-9-10-20(23)19(13-17)22(24)28/h8-13,18H,3-7H2,1-2H3,(H2,24,28)(H,25,27)/b11-8+. The number of hydrogen-bond donors (Lipinski definition) is 2. The number of nitrogens with one attached hydrogen (secondary N) is 1. The number of anilines is 1. The predicted octanol–water partition coefficient (Wildman–Crippen LogP) is 4.50. The van der Waals surface area contributed by atoms with Crippen LogP contribution in [-0.4, -0.2) is 16.4 Å². The lowest BCUT2D eigenvalue weighted by atomic mass is 9.95. The Kier molecular flexibility index (Phi) is 5.97. The molecule has 1 saturated carbocycles. The Morgan fingerprint density at radius 3 is 2.57 bits per heavy atom. The van der Waals surface area contributed by atoms with Crippen molar-refractivity contribution in [2.75, 3.05) is 5.32 Å². The Labute approximate surface area is 164 Å². The highest BCUT2D eigenvalue weighted by Crippen LogP contribution is 2.32. The molecule has 3 N–H and O–H groups in total. The molecule has 0 bridgehead atoms. The van der Waals surface area contributed by atoms with Crippen molar-refractivity contribution < 1.29 is 14.0 Å². The van der Waals surface area contributed by atoms with Gasteiger partial charge >= 0.3 is 0 Å². The summed E-state index contributed by atoms with van der Waals surface area (Å²) in [5.74, 6) is -1.94. The molecule has 5 nitrogen and oxygen atoms in total. The molecule has 1 aromatic carbocycles. The van der Waals surface area contributed by atoms with E-state index in [0.717, 1.165) is 17.3 Å². The van der Waals surface area contributed by atoms with Gasteiger partial charge in [0.1, 0.15) is 5.82 Å². The molecule has 148 valence electrons. The quantitative estimate of drug-likeness (QED) is 0.746. The van der Waals surface area contributed by atoms with E-state index >= 15 is 0 Å². The SMILES string of the molecule is Cc1cc(/C=C/C(=O)Nc2ccc(F)c(C(N)=O)c2)c(C)n1C1CCCCC1. The molecule has 2 aromatic rings. The average Bonchev–Trinajstić information content (AvgIpc) is 2.95. The molecule has 0 spiro atoms. The van der Waals surface area contributed by atoms with E-state index in [-0.39, 0.29) is 11.5 Å². The summed E-state index contributed by atoms with van der Waals surface area (Å²) in [4.78, 5) is 23.5. The molecule has 2 amide bonds. The van der Waals surface area contributed by atoms with Crippen LogP contribution in [0.3, 0.4) is 0 Å². The zero-order valence-corrected chi connectivity index (χ0v) is 16.3. The van der Waals surface area contributed by atoms with Crippen LogP contribution in [-0.2, 0) is 4.79 Å². The summed E-state index contributed by atoms with van der Waals surface area (Å²) >= 11 is 0. The highest BCUT2D eigenvalue weighted by atomic mass is 19.1. The second-order valence-electron chi connectivity index (χ2n) is 7.37. The molecule has 1 aliphatic carbocycles. The molecule has 1 heterocycles. The number of carbonyl (C=O) groups is 2. The second kappa shape index (κ2) is 8.42. The van der Waals surface area contributed by atoms with Crippen LogP contribution in [0.1, 0.15) is 65.5 Å². The number of halogens is 1. The van der Waals surface area contributed by atoms with Crippen molar-refractivity contribution in [3.05, 3.63) is 58.7 Å². The highest BCUT2D eigenvalue weighted by molar-refractivity contribution is 6.03. The normalized spacial score (nSPS) is 15.1. The molecular weight excluding hydrogens is 357 g/mol. The van der Waals surface area contributed by atoms with Crippen molar-refractivity contribution in [3.8, 4) is 0 Å². The fourth-order valence-corrected chi connectivity index (χ4v) is 4.01. The van der Waals surface area contributed by atoms with Crippen LogP contribution in [0.5, 0.6) is 0 Å². The van der Waals surface area contributed by atoms with Crippen molar-refractivity contribution >= 4 is 23.6 Å². The lowest BCUT2D eigenvalue weighted by Crippen LogP contribution is -2.15. The van der Waals surface area contributed by atoms with Gasteiger partial charge in [-0.2, -0.15) is 0 Å². The molecule has 28 heavy (non-hydrogen) atoms. The second-order valence-corrected chi connectivity index (χ2v) is 7.37. The third-order valence-corrected chi connectivity index (χ3v) is 5.38. The molecule has 0 radical (unpaired) electrons. The summed E-state index contributed by atoms with van der Waals surface area (Å²) in [6.45, 7) is 4.18. The summed E-state index contributed by atoms with van der Waals surface area (Å²) in [7, 11) is 0. The maximum Gasteiger partial charge on any atom is 0.251 e. The van der Waals surface area contributed by atoms with Crippen molar-refractivity contribution in [1.29, 1.82) is 0 Å². The number of aryl methyl sites for hydroxylation is 1. The Balaban J connectivity index is 1.72. The Morgan fingerprint density at radius 1 is 1.18 bits per heavy atom. The first-order chi connectivity index (χ1) is 13.4. The number of carbonyl (C=O) groups excluding carboxylic acids is 2. The molecule has 1 aliphatic rings. The molecule has 0 saturated heterocycles. The number of amides is 2. The van der Waals surface area contributed by atoms with Gasteiger partial charge in [-0.05, 0) is 62.6 Å². The minimum atomic E-state index is -0.876. The van der Waals surface area contributed by atoms with Gasteiger partial charge in [-0.15, -0.1) is 0 Å². The van der Waals surface area contributed by atoms with E-state index in [1.54, 1.807) is 6.08 Å². The first-order valence-corrected chi connectivity index (χ1v) is 9.63. The number of hydrogen-bond acceptors (Lipinski definition) is 2. The number of primary amides is 1. The van der Waals surface area contributed by atoms with Crippen molar-refractivity contribution in [3.63, 3.8) is 0 Å². The van der Waals surface area contributed by atoms with Crippen LogP contribution in [0.2, 0.25) is 0 Å². The third kappa shape index (κ3) is 4.32. The van der Waals surface area contributed by atoms with Gasteiger partial charge in [0, 0.05) is 29.2 Å². The van der Waals surface area contributed by atoms with E-state index in [2.05, 4.69) is 29.8 Å². The Bertz CT molecular complexity index is 924. The molecule has 0 atom stereocenters. The van der Waals surface area contributed by atoms with Gasteiger partial charge in [0.25, 0.3) is 5.91 Å². The summed E-state index contributed by atoms with van der Waals surface area (Å²) < 4.78 is 15.9. The van der Waals surface area contributed by atoms with E-state index in [1.165, 1.54) is 56.0 Å². The minimum Gasteiger partial charge on any atom is -0.366 e. The van der Waals surface area contributed by atoms with E-state index in [9.17, 15) is 14.0 Å². The lowest BCUT2D eigenvalue weighted by Gasteiger charge is -2.26. The lowest BCUT2D eigenvalue weighted by molar-refractivity contribution is -0.111. The van der Waals surface area contributed by atoms with Gasteiger partial charge in [0.15, 0.2) is 0 Å². The fraction of sp³-hybridized carbons (Fsp3) is 0.364. The fourth-order valence-electron chi connectivity index (χ4n) is 4.01. The van der Waals surface area contributed by atoms with Crippen LogP contribution in [0.25, 0.3) is 6.08 Å². The van der Waals surface area contributed by atoms with E-state index in [4.69, 9.17) is 5.73 Å². The van der Waals surface area contributed by atoms with Crippen LogP contribution in [0.4, 0.5) is 10.1 Å². The largest absolute Gasteiger partial charge is 0.366 e. The van der Waals surface area contributed by atoms with Crippen molar-refractivity contribution in [1.82, 2.24) is 4.57 Å². The topological polar surface area (TPSA) is 77.1 Å². The number of aromatic nitrogens is 1. The van der Waals surface area contributed by atoms with Gasteiger partial charge in [-0.3, -0.25) is 9.59 Å². The smallest absolute Gasteiger partial charge is 0.251 e. The first-order valence-electron chi connectivity index (χ1n) is 9.63. The van der Waals surface area contributed by atoms with Crippen LogP contribution < -0.4 is 11.1 Å². The van der Waals surface area contributed by atoms with Gasteiger partial charge in [-0.25, -0.2) is 4.39 Å². The van der Waals surface area contributed by atoms with Gasteiger partial charge in [0.05, 0.1) is 5.56 Å². The molecule has 0 unspecified atom stereocenters. The third-order valence-electron chi connectivity index (χ3n) is 5.38.